The summed E-state index contributed by atoms with van der Waals surface area (Å²) in [7, 11) is 0. The smallest absolute Gasteiger partial charge is 0.321 e. The second-order valence-corrected chi connectivity index (χ2v) is 7.55. The number of aromatic nitrogens is 4. The molecule has 1 aromatic carbocycles. The number of benzene rings is 1. The van der Waals surface area contributed by atoms with Gasteiger partial charge in [-0.3, -0.25) is 4.79 Å². The maximum Gasteiger partial charge on any atom is 0.321 e. The number of fused-ring (bicyclic) bond motifs is 2. The fourth-order valence-corrected chi connectivity index (χ4v) is 4.31. The summed E-state index contributed by atoms with van der Waals surface area (Å²) in [6.07, 6.45) is 5.70. The molecule has 144 valence electrons. The predicted molar refractivity (Wildman–Crippen MR) is 105 cm³/mol. The molecular weight excluding hydrogens is 356 g/mol. The van der Waals surface area contributed by atoms with Crippen LogP contribution in [0.15, 0.2) is 35.3 Å². The van der Waals surface area contributed by atoms with Gasteiger partial charge in [0.2, 0.25) is 0 Å². The van der Waals surface area contributed by atoms with Crippen molar-refractivity contribution >= 4 is 22.5 Å². The van der Waals surface area contributed by atoms with Gasteiger partial charge in [-0.25, -0.2) is 4.79 Å². The van der Waals surface area contributed by atoms with Gasteiger partial charge >= 0.3 is 6.03 Å². The first-order chi connectivity index (χ1) is 13.7. The molecule has 5 rings (SSSR count). The molecule has 4 heterocycles. The number of nitrogens with one attached hydrogen (secondary N) is 2. The minimum absolute atomic E-state index is 0.141. The molecule has 0 bridgehead atoms. The normalized spacial score (nSPS) is 19.0. The Bertz CT molecular complexity index is 1100. The first-order valence-corrected chi connectivity index (χ1v) is 9.78. The van der Waals surface area contributed by atoms with Gasteiger partial charge in [-0.05, 0) is 42.8 Å². The van der Waals surface area contributed by atoms with Crippen LogP contribution in [0.25, 0.3) is 10.8 Å². The SMILES string of the molecule is O=C(Nc1ccc2cc[nH]c(=O)c2c1)N1CCCC(c2nnc3n2CCC3)C1. The molecule has 1 unspecified atom stereocenters. The van der Waals surface area contributed by atoms with E-state index >= 15 is 0 Å². The number of hydrogen-bond acceptors (Lipinski definition) is 4. The summed E-state index contributed by atoms with van der Waals surface area (Å²) >= 11 is 0. The van der Waals surface area contributed by atoms with Crippen molar-refractivity contribution in [1.29, 1.82) is 0 Å². The topological polar surface area (TPSA) is 95.9 Å². The molecule has 0 aliphatic carbocycles. The van der Waals surface area contributed by atoms with Gasteiger partial charge in [0.05, 0.1) is 0 Å². The third-order valence-electron chi connectivity index (χ3n) is 5.74. The maximum absolute atomic E-state index is 12.8. The summed E-state index contributed by atoms with van der Waals surface area (Å²) in [5.41, 5.74) is 0.465. The number of rotatable bonds is 2. The highest BCUT2D eigenvalue weighted by Gasteiger charge is 2.30. The zero-order valence-electron chi connectivity index (χ0n) is 15.5. The monoisotopic (exact) mass is 378 g/mol. The Morgan fingerprint density at radius 1 is 1.18 bits per heavy atom. The molecule has 8 heteroatoms. The number of carbonyl (C=O) groups excluding carboxylic acids is 1. The van der Waals surface area contributed by atoms with E-state index in [1.165, 1.54) is 0 Å². The zero-order valence-corrected chi connectivity index (χ0v) is 15.5. The Morgan fingerprint density at radius 3 is 3.04 bits per heavy atom. The standard InChI is InChI=1S/C20H22N6O2/c27-19-16-11-15(6-5-13(16)7-8-21-19)22-20(28)25-9-1-3-14(12-25)18-24-23-17-4-2-10-26(17)18/h5-8,11,14H,1-4,9-10,12H2,(H,21,27)(H,22,28). The van der Waals surface area contributed by atoms with Crippen molar-refractivity contribution in [1.82, 2.24) is 24.6 Å². The lowest BCUT2D eigenvalue weighted by Crippen LogP contribution is -2.42. The summed E-state index contributed by atoms with van der Waals surface area (Å²) in [6.45, 7) is 2.33. The van der Waals surface area contributed by atoms with Crippen LogP contribution in [-0.2, 0) is 13.0 Å². The quantitative estimate of drug-likeness (QED) is 0.716. The molecule has 2 N–H and O–H groups in total. The Hall–Kier alpha value is -3.16. The molecule has 1 atom stereocenters. The van der Waals surface area contributed by atoms with Crippen LogP contribution in [0.1, 0.15) is 36.8 Å². The predicted octanol–water partition coefficient (Wildman–Crippen LogP) is 2.48. The molecule has 2 aromatic heterocycles. The Morgan fingerprint density at radius 2 is 2.11 bits per heavy atom. The Labute approximate surface area is 161 Å². The van der Waals surface area contributed by atoms with Gasteiger partial charge in [-0.2, -0.15) is 0 Å². The third kappa shape index (κ3) is 2.94. The van der Waals surface area contributed by atoms with Crippen molar-refractivity contribution in [2.45, 2.75) is 38.1 Å². The van der Waals surface area contributed by atoms with Crippen LogP contribution in [-0.4, -0.2) is 43.8 Å². The second-order valence-electron chi connectivity index (χ2n) is 7.55. The van der Waals surface area contributed by atoms with Crippen LogP contribution in [0, 0.1) is 0 Å². The summed E-state index contributed by atoms with van der Waals surface area (Å²) in [5, 5.41) is 13.1. The van der Waals surface area contributed by atoms with Crippen molar-refractivity contribution in [3.05, 3.63) is 52.5 Å². The molecule has 2 aliphatic heterocycles. The zero-order chi connectivity index (χ0) is 19.1. The van der Waals surface area contributed by atoms with Gasteiger partial charge in [-0.1, -0.05) is 6.07 Å². The van der Waals surface area contributed by atoms with E-state index in [2.05, 4.69) is 25.1 Å². The number of nitrogens with zero attached hydrogens (tertiary/aromatic N) is 4. The van der Waals surface area contributed by atoms with Gasteiger partial charge in [0.15, 0.2) is 0 Å². The number of aromatic amines is 1. The van der Waals surface area contributed by atoms with E-state index in [0.717, 1.165) is 55.8 Å². The molecular formula is C20H22N6O2. The Kier molecular flexibility index (Phi) is 4.11. The van der Waals surface area contributed by atoms with Gasteiger partial charge in [0.25, 0.3) is 5.56 Å². The highest BCUT2D eigenvalue weighted by molar-refractivity contribution is 5.93. The van der Waals surface area contributed by atoms with E-state index in [9.17, 15) is 9.59 Å². The molecule has 0 saturated carbocycles. The largest absolute Gasteiger partial charge is 0.329 e. The van der Waals surface area contributed by atoms with E-state index in [1.807, 2.05) is 23.1 Å². The van der Waals surface area contributed by atoms with Gasteiger partial charge in [0.1, 0.15) is 11.6 Å². The number of amides is 2. The molecule has 2 aliphatic rings. The fraction of sp³-hybridized carbons (Fsp3) is 0.400. The highest BCUT2D eigenvalue weighted by Crippen LogP contribution is 2.29. The van der Waals surface area contributed by atoms with Crippen molar-refractivity contribution in [2.24, 2.45) is 0 Å². The van der Waals surface area contributed by atoms with Gasteiger partial charge in [0, 0.05) is 49.2 Å². The number of carbonyl (C=O) groups is 1. The summed E-state index contributed by atoms with van der Waals surface area (Å²) in [6, 6.07) is 7.09. The van der Waals surface area contributed by atoms with Crippen molar-refractivity contribution < 1.29 is 4.79 Å². The Balaban J connectivity index is 1.32. The molecule has 2 amide bonds. The van der Waals surface area contributed by atoms with E-state index in [4.69, 9.17) is 0 Å². The van der Waals surface area contributed by atoms with E-state index in [1.54, 1.807) is 12.3 Å². The van der Waals surface area contributed by atoms with E-state index < -0.39 is 0 Å². The molecule has 28 heavy (non-hydrogen) atoms. The van der Waals surface area contributed by atoms with Crippen molar-refractivity contribution in [3.63, 3.8) is 0 Å². The summed E-state index contributed by atoms with van der Waals surface area (Å²) in [4.78, 5) is 29.3. The number of aryl methyl sites for hydroxylation is 1. The average molecular weight is 378 g/mol. The van der Waals surface area contributed by atoms with Crippen LogP contribution in [0.2, 0.25) is 0 Å². The van der Waals surface area contributed by atoms with Crippen LogP contribution < -0.4 is 10.9 Å². The number of anilines is 1. The molecule has 0 radical (unpaired) electrons. The maximum atomic E-state index is 12.8. The van der Waals surface area contributed by atoms with E-state index in [0.29, 0.717) is 17.6 Å². The number of likely N-dealkylation sites (tertiary alicyclic amines) is 1. The van der Waals surface area contributed by atoms with Crippen LogP contribution in [0.5, 0.6) is 0 Å². The second kappa shape index (κ2) is 6.78. The fourth-order valence-electron chi connectivity index (χ4n) is 4.31. The molecule has 1 saturated heterocycles. The minimum Gasteiger partial charge on any atom is -0.329 e. The first kappa shape index (κ1) is 17.0. The van der Waals surface area contributed by atoms with Crippen LogP contribution >= 0.6 is 0 Å². The van der Waals surface area contributed by atoms with Crippen molar-refractivity contribution in [2.75, 3.05) is 18.4 Å². The minimum atomic E-state index is -0.160. The summed E-state index contributed by atoms with van der Waals surface area (Å²) < 4.78 is 2.22. The lowest BCUT2D eigenvalue weighted by molar-refractivity contribution is 0.190. The van der Waals surface area contributed by atoms with E-state index in [-0.39, 0.29) is 17.5 Å². The third-order valence-corrected chi connectivity index (χ3v) is 5.74. The number of H-pyrrole nitrogens is 1. The first-order valence-electron chi connectivity index (χ1n) is 9.78. The average Bonchev–Trinajstić information content (AvgIpc) is 3.32. The van der Waals surface area contributed by atoms with Gasteiger partial charge < -0.3 is 19.8 Å². The van der Waals surface area contributed by atoms with Crippen LogP contribution in [0.3, 0.4) is 0 Å². The highest BCUT2D eigenvalue weighted by atomic mass is 16.2. The lowest BCUT2D eigenvalue weighted by Gasteiger charge is -2.32. The molecule has 8 nitrogen and oxygen atoms in total. The summed E-state index contributed by atoms with van der Waals surface area (Å²) in [5.74, 6) is 2.30. The van der Waals surface area contributed by atoms with Crippen molar-refractivity contribution in [3.8, 4) is 0 Å². The molecule has 1 fully saturated rings. The van der Waals surface area contributed by atoms with Gasteiger partial charge in [-0.15, -0.1) is 10.2 Å². The molecule has 3 aromatic rings. The lowest BCUT2D eigenvalue weighted by atomic mass is 9.97. The number of piperidine rings is 1. The van der Waals surface area contributed by atoms with Crippen LogP contribution in [0.4, 0.5) is 10.5 Å². The number of pyridine rings is 1. The molecule has 0 spiro atoms. The number of hydrogen-bond donors (Lipinski definition) is 2. The number of urea groups is 1.